The van der Waals surface area contributed by atoms with Crippen molar-refractivity contribution in [1.29, 1.82) is 0 Å². The molecule has 0 unspecified atom stereocenters. The molecule has 1 aromatic rings. The van der Waals surface area contributed by atoms with Gasteiger partial charge in [-0.25, -0.2) is 4.68 Å². The Bertz CT molecular complexity index is 555. The SMILES string of the molecule is OCc1nn(CN(CC2CC2)CC2CC2)c(=S)n1C1CC1. The van der Waals surface area contributed by atoms with Crippen LogP contribution in [0.4, 0.5) is 0 Å². The van der Waals surface area contributed by atoms with Crippen molar-refractivity contribution in [2.24, 2.45) is 11.8 Å². The fourth-order valence-electron chi connectivity index (χ4n) is 3.08. The van der Waals surface area contributed by atoms with Crippen LogP contribution in [0.2, 0.25) is 0 Å². The zero-order valence-electron chi connectivity index (χ0n) is 12.4. The van der Waals surface area contributed by atoms with E-state index in [4.69, 9.17) is 12.2 Å². The number of nitrogens with zero attached hydrogens (tertiary/aromatic N) is 4. The number of hydrogen-bond acceptors (Lipinski definition) is 4. The fourth-order valence-corrected chi connectivity index (χ4v) is 3.43. The maximum absolute atomic E-state index is 9.52. The van der Waals surface area contributed by atoms with Gasteiger partial charge in [0.1, 0.15) is 6.61 Å². The van der Waals surface area contributed by atoms with E-state index in [9.17, 15) is 5.11 Å². The largest absolute Gasteiger partial charge is 0.388 e. The Morgan fingerprint density at radius 3 is 2.19 bits per heavy atom. The van der Waals surface area contributed by atoms with Crippen LogP contribution in [0.5, 0.6) is 0 Å². The molecule has 0 aliphatic heterocycles. The first-order valence-corrected chi connectivity index (χ1v) is 8.67. The highest BCUT2D eigenvalue weighted by molar-refractivity contribution is 7.71. The summed E-state index contributed by atoms with van der Waals surface area (Å²) >= 11 is 5.60. The van der Waals surface area contributed by atoms with Crippen molar-refractivity contribution < 1.29 is 5.11 Å². The second-order valence-corrected chi connectivity index (χ2v) is 7.39. The van der Waals surface area contributed by atoms with E-state index in [1.807, 2.05) is 4.68 Å². The maximum Gasteiger partial charge on any atom is 0.199 e. The van der Waals surface area contributed by atoms with Crippen LogP contribution in [0.1, 0.15) is 50.4 Å². The molecule has 0 saturated heterocycles. The van der Waals surface area contributed by atoms with Crippen molar-refractivity contribution in [3.8, 4) is 0 Å². The van der Waals surface area contributed by atoms with Crippen LogP contribution in [0, 0.1) is 16.6 Å². The first-order chi connectivity index (χ1) is 10.2. The molecular formula is C15H24N4OS. The third-order valence-corrected chi connectivity index (χ3v) is 5.16. The molecule has 1 aromatic heterocycles. The van der Waals surface area contributed by atoms with Gasteiger partial charge in [0.2, 0.25) is 0 Å². The average Bonchev–Trinajstić information content (AvgIpc) is 3.31. The van der Waals surface area contributed by atoms with E-state index in [0.717, 1.165) is 29.1 Å². The Morgan fingerprint density at radius 1 is 1.10 bits per heavy atom. The zero-order valence-corrected chi connectivity index (χ0v) is 13.3. The molecule has 116 valence electrons. The van der Waals surface area contributed by atoms with Gasteiger partial charge in [-0.1, -0.05) is 0 Å². The standard InChI is InChI=1S/C15H24N4OS/c20-9-14-16-18(15(21)19(14)13-5-6-13)10-17(7-11-1-2-11)8-12-3-4-12/h11-13,20H,1-10H2. The van der Waals surface area contributed by atoms with E-state index < -0.39 is 0 Å². The van der Waals surface area contributed by atoms with Crippen molar-refractivity contribution >= 4 is 12.2 Å². The molecule has 0 radical (unpaired) electrons. The first kappa shape index (κ1) is 13.9. The van der Waals surface area contributed by atoms with Gasteiger partial charge >= 0.3 is 0 Å². The summed E-state index contributed by atoms with van der Waals surface area (Å²) in [5.41, 5.74) is 0. The lowest BCUT2D eigenvalue weighted by Crippen LogP contribution is -2.31. The Morgan fingerprint density at radius 2 is 1.71 bits per heavy atom. The minimum absolute atomic E-state index is 0.0155. The van der Waals surface area contributed by atoms with Crippen LogP contribution in [-0.4, -0.2) is 37.4 Å². The van der Waals surface area contributed by atoms with Gasteiger partial charge in [-0.3, -0.25) is 9.47 Å². The summed E-state index contributed by atoms with van der Waals surface area (Å²) in [6.07, 6.45) is 7.85. The number of aliphatic hydroxyl groups excluding tert-OH is 1. The lowest BCUT2D eigenvalue weighted by atomic mass is 10.3. The van der Waals surface area contributed by atoms with Gasteiger partial charge in [0, 0.05) is 19.1 Å². The van der Waals surface area contributed by atoms with Crippen LogP contribution < -0.4 is 0 Å². The first-order valence-electron chi connectivity index (χ1n) is 8.26. The minimum Gasteiger partial charge on any atom is -0.388 e. The Hall–Kier alpha value is -0.720. The smallest absolute Gasteiger partial charge is 0.199 e. The van der Waals surface area contributed by atoms with Gasteiger partial charge in [-0.15, -0.1) is 0 Å². The third-order valence-electron chi connectivity index (χ3n) is 4.76. The van der Waals surface area contributed by atoms with Gasteiger partial charge in [0.25, 0.3) is 0 Å². The van der Waals surface area contributed by atoms with E-state index in [0.29, 0.717) is 6.04 Å². The predicted octanol–water partition coefficient (Wildman–Crippen LogP) is 2.32. The van der Waals surface area contributed by atoms with E-state index in [1.54, 1.807) is 0 Å². The van der Waals surface area contributed by atoms with E-state index in [-0.39, 0.29) is 6.61 Å². The van der Waals surface area contributed by atoms with Crippen molar-refractivity contribution in [3.63, 3.8) is 0 Å². The van der Waals surface area contributed by atoms with E-state index in [2.05, 4.69) is 14.6 Å². The summed E-state index contributed by atoms with van der Waals surface area (Å²) in [5.74, 6) is 2.52. The summed E-state index contributed by atoms with van der Waals surface area (Å²) in [7, 11) is 0. The third kappa shape index (κ3) is 3.22. The molecule has 1 heterocycles. The Balaban J connectivity index is 1.51. The second kappa shape index (κ2) is 5.48. The number of rotatable bonds is 8. The van der Waals surface area contributed by atoms with Gasteiger partial charge in [-0.05, 0) is 62.6 Å². The van der Waals surface area contributed by atoms with Crippen molar-refractivity contribution in [3.05, 3.63) is 10.6 Å². The average molecular weight is 308 g/mol. The normalized spacial score (nSPS) is 22.2. The zero-order chi connectivity index (χ0) is 14.4. The van der Waals surface area contributed by atoms with Crippen LogP contribution >= 0.6 is 12.2 Å². The fraction of sp³-hybridized carbons (Fsp3) is 0.867. The molecule has 3 aliphatic carbocycles. The molecule has 3 saturated carbocycles. The Kier molecular flexibility index (Phi) is 3.63. The van der Waals surface area contributed by atoms with E-state index >= 15 is 0 Å². The lowest BCUT2D eigenvalue weighted by molar-refractivity contribution is 0.187. The van der Waals surface area contributed by atoms with Gasteiger partial charge in [0.05, 0.1) is 6.67 Å². The van der Waals surface area contributed by atoms with Crippen molar-refractivity contribution in [2.75, 3.05) is 13.1 Å². The molecule has 0 atom stereocenters. The maximum atomic E-state index is 9.52. The monoisotopic (exact) mass is 308 g/mol. The molecular weight excluding hydrogens is 284 g/mol. The molecule has 0 spiro atoms. The number of hydrogen-bond donors (Lipinski definition) is 1. The Labute approximate surface area is 130 Å². The molecule has 3 fully saturated rings. The number of aromatic nitrogens is 3. The quantitative estimate of drug-likeness (QED) is 0.749. The molecule has 3 aliphatic rings. The predicted molar refractivity (Wildman–Crippen MR) is 82.3 cm³/mol. The highest BCUT2D eigenvalue weighted by Crippen LogP contribution is 2.37. The van der Waals surface area contributed by atoms with Gasteiger partial charge in [-0.2, -0.15) is 5.10 Å². The minimum atomic E-state index is -0.0155. The van der Waals surface area contributed by atoms with Gasteiger partial charge < -0.3 is 5.11 Å². The van der Waals surface area contributed by atoms with Crippen LogP contribution in [0.15, 0.2) is 0 Å². The van der Waals surface area contributed by atoms with E-state index in [1.165, 1.54) is 51.6 Å². The number of aliphatic hydroxyl groups is 1. The highest BCUT2D eigenvalue weighted by atomic mass is 32.1. The second-order valence-electron chi connectivity index (χ2n) is 7.02. The molecule has 0 amide bonds. The van der Waals surface area contributed by atoms with Gasteiger partial charge in [0.15, 0.2) is 10.6 Å². The van der Waals surface area contributed by atoms with Crippen molar-refractivity contribution in [1.82, 2.24) is 19.2 Å². The molecule has 1 N–H and O–H groups in total. The summed E-state index contributed by atoms with van der Waals surface area (Å²) in [4.78, 5) is 2.52. The van der Waals surface area contributed by atoms with Crippen LogP contribution in [0.3, 0.4) is 0 Å². The highest BCUT2D eigenvalue weighted by Gasteiger charge is 2.31. The van der Waals surface area contributed by atoms with Crippen molar-refractivity contribution in [2.45, 2.75) is 57.8 Å². The van der Waals surface area contributed by atoms with Crippen LogP contribution in [-0.2, 0) is 13.3 Å². The molecule has 21 heavy (non-hydrogen) atoms. The summed E-state index contributed by atoms with van der Waals surface area (Å²) < 4.78 is 4.80. The topological polar surface area (TPSA) is 46.2 Å². The molecule has 5 nitrogen and oxygen atoms in total. The molecule has 4 rings (SSSR count). The van der Waals surface area contributed by atoms with Crippen LogP contribution in [0.25, 0.3) is 0 Å². The molecule has 0 bridgehead atoms. The molecule has 6 heteroatoms. The summed E-state index contributed by atoms with van der Waals surface area (Å²) in [5, 5.41) is 14.1. The summed E-state index contributed by atoms with van der Waals surface area (Å²) in [6.45, 7) is 3.14. The molecule has 0 aromatic carbocycles. The summed E-state index contributed by atoms with van der Waals surface area (Å²) in [6, 6.07) is 0.480. The lowest BCUT2D eigenvalue weighted by Gasteiger charge is -2.21.